The third-order valence-electron chi connectivity index (χ3n) is 3.96. The first-order valence-electron chi connectivity index (χ1n) is 7.28. The Kier molecular flexibility index (Phi) is 5.27. The molecule has 1 saturated heterocycles. The van der Waals surface area contributed by atoms with Gasteiger partial charge < -0.3 is 10.6 Å². The van der Waals surface area contributed by atoms with E-state index in [0.717, 1.165) is 31.5 Å². The van der Waals surface area contributed by atoms with Gasteiger partial charge in [0.1, 0.15) is 0 Å². The first-order valence-corrected chi connectivity index (χ1v) is 7.28. The first kappa shape index (κ1) is 15.4. The molecule has 0 spiro atoms. The molecule has 114 valence electrons. The maximum atomic E-state index is 11.9. The summed E-state index contributed by atoms with van der Waals surface area (Å²) in [5.41, 5.74) is 1.50. The Bertz CT molecular complexity index is 525. The van der Waals surface area contributed by atoms with Crippen molar-refractivity contribution in [1.29, 1.82) is 0 Å². The van der Waals surface area contributed by atoms with Gasteiger partial charge in [0.25, 0.3) is 5.69 Å². The number of piperidine rings is 1. The van der Waals surface area contributed by atoms with Crippen molar-refractivity contribution in [3.63, 3.8) is 0 Å². The molecule has 0 bridgehead atoms. The van der Waals surface area contributed by atoms with E-state index >= 15 is 0 Å². The minimum Gasteiger partial charge on any atom is -0.352 e. The van der Waals surface area contributed by atoms with Gasteiger partial charge in [-0.1, -0.05) is 12.1 Å². The SMILES string of the molecule is Cc1c(CNC(=O)CC2CCCNC2)cccc1[N+](=O)[O-]. The number of hydrogen-bond donors (Lipinski definition) is 2. The number of amides is 1. The van der Waals surface area contributed by atoms with Crippen LogP contribution in [0.25, 0.3) is 0 Å². The van der Waals surface area contributed by atoms with E-state index in [9.17, 15) is 14.9 Å². The first-order chi connectivity index (χ1) is 10.1. The highest BCUT2D eigenvalue weighted by molar-refractivity contribution is 5.76. The maximum absolute atomic E-state index is 11.9. The molecule has 0 aliphatic carbocycles. The number of carbonyl (C=O) groups excluding carboxylic acids is 1. The average molecular weight is 291 g/mol. The molecule has 0 radical (unpaired) electrons. The average Bonchev–Trinajstić information content (AvgIpc) is 2.47. The zero-order valence-corrected chi connectivity index (χ0v) is 12.2. The van der Waals surface area contributed by atoms with Crippen LogP contribution in [0.4, 0.5) is 5.69 Å². The van der Waals surface area contributed by atoms with Gasteiger partial charge in [-0.25, -0.2) is 0 Å². The normalized spacial score (nSPS) is 18.2. The molecule has 1 aromatic carbocycles. The largest absolute Gasteiger partial charge is 0.352 e. The number of carbonyl (C=O) groups is 1. The molecule has 2 N–H and O–H groups in total. The number of nitrogens with zero attached hydrogens (tertiary/aromatic N) is 1. The Morgan fingerprint density at radius 2 is 2.33 bits per heavy atom. The third kappa shape index (κ3) is 4.26. The van der Waals surface area contributed by atoms with Gasteiger partial charge in [0.05, 0.1) is 4.92 Å². The Balaban J connectivity index is 1.89. The van der Waals surface area contributed by atoms with Gasteiger partial charge in [0.2, 0.25) is 5.91 Å². The molecular formula is C15H21N3O3. The number of nitro groups is 1. The van der Waals surface area contributed by atoms with Gasteiger partial charge in [-0.3, -0.25) is 14.9 Å². The predicted molar refractivity (Wildman–Crippen MR) is 79.9 cm³/mol. The van der Waals surface area contributed by atoms with Crippen molar-refractivity contribution in [1.82, 2.24) is 10.6 Å². The van der Waals surface area contributed by atoms with E-state index in [1.54, 1.807) is 13.0 Å². The van der Waals surface area contributed by atoms with Gasteiger partial charge in [0, 0.05) is 24.6 Å². The van der Waals surface area contributed by atoms with Gasteiger partial charge in [-0.05, 0) is 44.3 Å². The van der Waals surface area contributed by atoms with Gasteiger partial charge in [-0.15, -0.1) is 0 Å². The molecule has 1 aliphatic heterocycles. The molecule has 1 heterocycles. The standard InChI is InChI=1S/C15H21N3O3/c1-11-13(5-2-6-14(11)18(20)21)10-17-15(19)8-12-4-3-7-16-9-12/h2,5-6,12,16H,3-4,7-10H2,1H3,(H,17,19). The molecule has 1 amide bonds. The summed E-state index contributed by atoms with van der Waals surface area (Å²) in [7, 11) is 0. The number of nitrogens with one attached hydrogen (secondary N) is 2. The van der Waals surface area contributed by atoms with Crippen LogP contribution >= 0.6 is 0 Å². The Morgan fingerprint density at radius 3 is 3.00 bits per heavy atom. The van der Waals surface area contributed by atoms with E-state index in [4.69, 9.17) is 0 Å². The molecule has 2 rings (SSSR count). The molecule has 6 nitrogen and oxygen atoms in total. The zero-order valence-electron chi connectivity index (χ0n) is 12.2. The number of rotatable bonds is 5. The van der Waals surface area contributed by atoms with Crippen molar-refractivity contribution < 1.29 is 9.72 Å². The van der Waals surface area contributed by atoms with Crippen molar-refractivity contribution in [2.24, 2.45) is 5.92 Å². The van der Waals surface area contributed by atoms with Crippen LogP contribution in [-0.4, -0.2) is 23.9 Å². The number of nitro benzene ring substituents is 1. The Hall–Kier alpha value is -1.95. The smallest absolute Gasteiger partial charge is 0.272 e. The van der Waals surface area contributed by atoms with Crippen LogP contribution in [0.5, 0.6) is 0 Å². The highest BCUT2D eigenvalue weighted by Crippen LogP contribution is 2.21. The second-order valence-corrected chi connectivity index (χ2v) is 5.51. The van der Waals surface area contributed by atoms with Gasteiger partial charge in [-0.2, -0.15) is 0 Å². The van der Waals surface area contributed by atoms with Crippen LogP contribution < -0.4 is 10.6 Å². The minimum atomic E-state index is -0.394. The lowest BCUT2D eigenvalue weighted by molar-refractivity contribution is -0.385. The van der Waals surface area contributed by atoms with Crippen LogP contribution in [0, 0.1) is 23.0 Å². The maximum Gasteiger partial charge on any atom is 0.272 e. The summed E-state index contributed by atoms with van der Waals surface area (Å²) in [5.74, 6) is 0.402. The summed E-state index contributed by atoms with van der Waals surface area (Å²) < 4.78 is 0. The summed E-state index contributed by atoms with van der Waals surface area (Å²) in [6.07, 6.45) is 2.71. The van der Waals surface area contributed by atoms with Crippen LogP contribution in [-0.2, 0) is 11.3 Å². The fraction of sp³-hybridized carbons (Fsp3) is 0.533. The summed E-state index contributed by atoms with van der Waals surface area (Å²) in [6, 6.07) is 4.94. The lowest BCUT2D eigenvalue weighted by Crippen LogP contribution is -2.34. The van der Waals surface area contributed by atoms with E-state index in [1.807, 2.05) is 6.07 Å². The highest BCUT2D eigenvalue weighted by atomic mass is 16.6. The van der Waals surface area contributed by atoms with Crippen molar-refractivity contribution in [2.45, 2.75) is 32.7 Å². The van der Waals surface area contributed by atoms with Crippen LogP contribution in [0.2, 0.25) is 0 Å². The predicted octanol–water partition coefficient (Wildman–Crippen LogP) is 1.91. The summed E-state index contributed by atoms with van der Waals surface area (Å²) >= 11 is 0. The molecule has 1 aliphatic rings. The molecule has 0 aromatic heterocycles. The molecule has 1 unspecified atom stereocenters. The van der Waals surface area contributed by atoms with Crippen LogP contribution in [0.1, 0.15) is 30.4 Å². The Morgan fingerprint density at radius 1 is 1.52 bits per heavy atom. The molecule has 1 fully saturated rings. The topological polar surface area (TPSA) is 84.3 Å². The van der Waals surface area contributed by atoms with Gasteiger partial charge >= 0.3 is 0 Å². The van der Waals surface area contributed by atoms with Crippen molar-refractivity contribution >= 4 is 11.6 Å². The quantitative estimate of drug-likeness (QED) is 0.641. The summed E-state index contributed by atoms with van der Waals surface area (Å²) in [5, 5.41) is 17.0. The lowest BCUT2D eigenvalue weighted by atomic mass is 9.96. The molecule has 1 aromatic rings. The van der Waals surface area contributed by atoms with Crippen molar-refractivity contribution in [2.75, 3.05) is 13.1 Å². The fourth-order valence-corrected chi connectivity index (χ4v) is 2.69. The van der Waals surface area contributed by atoms with E-state index in [-0.39, 0.29) is 11.6 Å². The summed E-state index contributed by atoms with van der Waals surface area (Å²) in [6.45, 7) is 3.98. The monoisotopic (exact) mass is 291 g/mol. The third-order valence-corrected chi connectivity index (χ3v) is 3.96. The minimum absolute atomic E-state index is 0.00889. The van der Waals surface area contributed by atoms with E-state index in [1.165, 1.54) is 6.07 Å². The van der Waals surface area contributed by atoms with E-state index < -0.39 is 4.92 Å². The van der Waals surface area contributed by atoms with Crippen LogP contribution in [0.15, 0.2) is 18.2 Å². The number of benzene rings is 1. The molecule has 1 atom stereocenters. The van der Waals surface area contributed by atoms with E-state index in [0.29, 0.717) is 24.4 Å². The zero-order chi connectivity index (χ0) is 15.2. The van der Waals surface area contributed by atoms with E-state index in [2.05, 4.69) is 10.6 Å². The van der Waals surface area contributed by atoms with Crippen molar-refractivity contribution in [3.8, 4) is 0 Å². The molecule has 6 heteroatoms. The second-order valence-electron chi connectivity index (χ2n) is 5.51. The fourth-order valence-electron chi connectivity index (χ4n) is 2.69. The van der Waals surface area contributed by atoms with Crippen LogP contribution in [0.3, 0.4) is 0 Å². The second kappa shape index (κ2) is 7.17. The highest BCUT2D eigenvalue weighted by Gasteiger charge is 2.17. The summed E-state index contributed by atoms with van der Waals surface area (Å²) in [4.78, 5) is 22.4. The number of hydrogen-bond acceptors (Lipinski definition) is 4. The van der Waals surface area contributed by atoms with Crippen molar-refractivity contribution in [3.05, 3.63) is 39.4 Å². The molecule has 21 heavy (non-hydrogen) atoms. The lowest BCUT2D eigenvalue weighted by Gasteiger charge is -2.22. The Labute approximate surface area is 124 Å². The molecular weight excluding hydrogens is 270 g/mol. The van der Waals surface area contributed by atoms with Gasteiger partial charge in [0.15, 0.2) is 0 Å². The molecule has 0 saturated carbocycles.